The van der Waals surface area contributed by atoms with Crippen molar-refractivity contribution in [3.05, 3.63) is 45.9 Å². The smallest absolute Gasteiger partial charge is 0.410 e. The number of anilines is 1. The number of fused-ring (bicyclic) bond motifs is 2. The summed E-state index contributed by atoms with van der Waals surface area (Å²) in [5, 5.41) is 0.874. The average Bonchev–Trinajstić information content (AvgIpc) is 3.54. The molecule has 3 aromatic rings. The maximum Gasteiger partial charge on any atom is 0.410 e. The molecular weight excluding hydrogens is 598 g/mol. The molecule has 0 spiro atoms. The number of rotatable bonds is 6. The standard InChI is InChI=1S/C33H46ClN3O4SSi/c1-32(2,3)41-31(38)36-18-27(28(19-36)39-7)37-14-10-11-21-15-22(34)16-25(29(21)37)24-12-13-35-26-17-23(42-30(24)26)20-40-43(8,9)33(4,5)6/h12-13,15-17,27-28H,10-11,14,18-20H2,1-9H3/t27-,28-/m1/s1. The fourth-order valence-electron chi connectivity index (χ4n) is 5.78. The van der Waals surface area contributed by atoms with Gasteiger partial charge < -0.3 is 23.7 Å². The Morgan fingerprint density at radius 2 is 1.86 bits per heavy atom. The van der Waals surface area contributed by atoms with Crippen LogP contribution in [0.4, 0.5) is 10.5 Å². The lowest BCUT2D eigenvalue weighted by atomic mass is 9.92. The quantitative estimate of drug-likeness (QED) is 0.251. The lowest BCUT2D eigenvalue weighted by molar-refractivity contribution is 0.0252. The number of methoxy groups -OCH3 is 1. The molecule has 1 amide bonds. The first-order valence-corrected chi connectivity index (χ1v) is 19.3. The molecule has 0 unspecified atom stereocenters. The highest BCUT2D eigenvalue weighted by molar-refractivity contribution is 7.19. The van der Waals surface area contributed by atoms with Gasteiger partial charge in [-0.2, -0.15) is 0 Å². The minimum Gasteiger partial charge on any atom is -0.444 e. The third-order valence-electron chi connectivity index (χ3n) is 9.01. The molecule has 2 atom stereocenters. The SMILES string of the molecule is CO[C@@H]1CN(C(=O)OC(C)(C)C)C[C@H]1N1CCCc2cc(Cl)cc(-c3ccnc4cc(CO[Si](C)(C)C(C)(C)C)sc34)c21. The number of hydrogen-bond donors (Lipinski definition) is 0. The Bertz CT molecular complexity index is 1500. The van der Waals surface area contributed by atoms with Crippen LogP contribution in [0.2, 0.25) is 23.2 Å². The van der Waals surface area contributed by atoms with E-state index in [4.69, 9.17) is 30.5 Å². The Morgan fingerprint density at radius 1 is 1.12 bits per heavy atom. The zero-order valence-corrected chi connectivity index (χ0v) is 29.6. The molecule has 43 heavy (non-hydrogen) atoms. The largest absolute Gasteiger partial charge is 0.444 e. The molecule has 234 valence electrons. The number of thiophene rings is 1. The molecule has 5 rings (SSSR count). The van der Waals surface area contributed by atoms with Gasteiger partial charge in [-0.05, 0) is 81.6 Å². The number of benzene rings is 1. The van der Waals surface area contributed by atoms with E-state index in [1.54, 1.807) is 23.3 Å². The molecule has 1 saturated heterocycles. The second kappa shape index (κ2) is 12.0. The van der Waals surface area contributed by atoms with E-state index in [2.05, 4.69) is 63.0 Å². The van der Waals surface area contributed by atoms with Gasteiger partial charge in [-0.3, -0.25) is 4.98 Å². The molecule has 7 nitrogen and oxygen atoms in total. The summed E-state index contributed by atoms with van der Waals surface area (Å²) in [6.45, 7) is 19.6. The number of pyridine rings is 1. The van der Waals surface area contributed by atoms with E-state index < -0.39 is 13.9 Å². The van der Waals surface area contributed by atoms with E-state index in [9.17, 15) is 4.79 Å². The van der Waals surface area contributed by atoms with Crippen molar-refractivity contribution in [1.82, 2.24) is 9.88 Å². The number of ether oxygens (including phenoxy) is 2. The number of aromatic nitrogens is 1. The van der Waals surface area contributed by atoms with Crippen molar-refractivity contribution in [1.29, 1.82) is 0 Å². The van der Waals surface area contributed by atoms with Crippen molar-refractivity contribution in [3.63, 3.8) is 0 Å². The van der Waals surface area contributed by atoms with Gasteiger partial charge in [0.1, 0.15) is 5.60 Å². The van der Waals surface area contributed by atoms with Gasteiger partial charge in [-0.1, -0.05) is 32.4 Å². The molecule has 1 aromatic carbocycles. The lowest BCUT2D eigenvalue weighted by Crippen LogP contribution is -2.47. The number of likely N-dealkylation sites (tertiary alicyclic amines) is 1. The Labute approximate surface area is 266 Å². The van der Waals surface area contributed by atoms with Gasteiger partial charge in [0.15, 0.2) is 8.32 Å². The van der Waals surface area contributed by atoms with Crippen LogP contribution in [0, 0.1) is 0 Å². The summed E-state index contributed by atoms with van der Waals surface area (Å²) in [6.07, 6.45) is 3.41. The number of carbonyl (C=O) groups excluding carboxylic acids is 1. The normalized spacial score (nSPS) is 19.7. The zero-order valence-electron chi connectivity index (χ0n) is 27.0. The highest BCUT2D eigenvalue weighted by Gasteiger charge is 2.42. The fourth-order valence-corrected chi connectivity index (χ4v) is 8.13. The van der Waals surface area contributed by atoms with Crippen molar-refractivity contribution in [2.45, 2.75) is 96.9 Å². The molecule has 0 aliphatic carbocycles. The summed E-state index contributed by atoms with van der Waals surface area (Å²) < 4.78 is 19.4. The first-order chi connectivity index (χ1) is 20.1. The number of aryl methyl sites for hydroxylation is 1. The van der Waals surface area contributed by atoms with Crippen LogP contribution in [-0.4, -0.2) is 68.8 Å². The van der Waals surface area contributed by atoms with Crippen LogP contribution in [0.5, 0.6) is 0 Å². The number of carbonyl (C=O) groups is 1. The molecule has 2 aliphatic rings. The monoisotopic (exact) mass is 643 g/mol. The van der Waals surface area contributed by atoms with E-state index >= 15 is 0 Å². The Morgan fingerprint density at radius 3 is 2.53 bits per heavy atom. The molecular formula is C33H46ClN3O4SSi. The summed E-state index contributed by atoms with van der Waals surface area (Å²) in [5.74, 6) is 0. The van der Waals surface area contributed by atoms with Crippen molar-refractivity contribution < 1.29 is 18.7 Å². The highest BCUT2D eigenvalue weighted by Crippen LogP contribution is 2.45. The van der Waals surface area contributed by atoms with Crippen LogP contribution >= 0.6 is 22.9 Å². The first-order valence-electron chi connectivity index (χ1n) is 15.2. The zero-order chi connectivity index (χ0) is 31.3. The minimum absolute atomic E-state index is 0.00860. The Balaban J connectivity index is 1.52. The fraction of sp³-hybridized carbons (Fsp3) is 0.576. The summed E-state index contributed by atoms with van der Waals surface area (Å²) >= 11 is 8.53. The molecule has 0 saturated carbocycles. The number of nitrogens with zero attached hydrogens (tertiary/aromatic N) is 3. The van der Waals surface area contributed by atoms with Gasteiger partial charge in [0.2, 0.25) is 0 Å². The summed E-state index contributed by atoms with van der Waals surface area (Å²) in [5.41, 5.74) is 5.03. The number of halogens is 1. The van der Waals surface area contributed by atoms with E-state index in [1.807, 2.05) is 27.0 Å². The third kappa shape index (κ3) is 6.76. The second-order valence-corrected chi connectivity index (χ2v) is 20.7. The maximum absolute atomic E-state index is 13.0. The van der Waals surface area contributed by atoms with Gasteiger partial charge in [-0.15, -0.1) is 11.3 Å². The van der Waals surface area contributed by atoms with Gasteiger partial charge >= 0.3 is 6.09 Å². The van der Waals surface area contributed by atoms with Crippen molar-refractivity contribution in [3.8, 4) is 11.1 Å². The van der Waals surface area contributed by atoms with Gasteiger partial charge in [0.25, 0.3) is 0 Å². The summed E-state index contributed by atoms with van der Waals surface area (Å²) in [7, 11) is -0.158. The maximum atomic E-state index is 13.0. The second-order valence-electron chi connectivity index (χ2n) is 14.3. The third-order valence-corrected chi connectivity index (χ3v) is 14.8. The summed E-state index contributed by atoms with van der Waals surface area (Å²) in [6, 6.07) is 8.44. The molecule has 2 aromatic heterocycles. The number of hydrogen-bond acceptors (Lipinski definition) is 7. The van der Waals surface area contributed by atoms with Crippen molar-refractivity contribution >= 4 is 53.3 Å². The van der Waals surface area contributed by atoms with Gasteiger partial charge in [0.05, 0.1) is 35.5 Å². The molecule has 4 heterocycles. The highest BCUT2D eigenvalue weighted by atomic mass is 35.5. The van der Waals surface area contributed by atoms with Crippen LogP contribution < -0.4 is 4.90 Å². The van der Waals surface area contributed by atoms with E-state index in [-0.39, 0.29) is 23.3 Å². The van der Waals surface area contributed by atoms with Crippen molar-refractivity contribution in [2.24, 2.45) is 0 Å². The van der Waals surface area contributed by atoms with Crippen molar-refractivity contribution in [2.75, 3.05) is 31.6 Å². The Kier molecular flexibility index (Phi) is 8.97. The van der Waals surface area contributed by atoms with E-state index in [0.717, 1.165) is 45.8 Å². The molecule has 1 fully saturated rings. The minimum atomic E-state index is -1.89. The molecule has 2 aliphatic heterocycles. The molecule has 0 radical (unpaired) electrons. The summed E-state index contributed by atoms with van der Waals surface area (Å²) in [4.78, 5) is 23.2. The van der Waals surface area contributed by atoms with Crippen LogP contribution in [0.1, 0.15) is 58.4 Å². The van der Waals surface area contributed by atoms with Crippen LogP contribution in [0.3, 0.4) is 0 Å². The topological polar surface area (TPSA) is 64.1 Å². The predicted octanol–water partition coefficient (Wildman–Crippen LogP) is 8.53. The Hall–Kier alpha value is -2.17. The van der Waals surface area contributed by atoms with E-state index in [1.165, 1.54) is 16.1 Å². The predicted molar refractivity (Wildman–Crippen MR) is 180 cm³/mol. The van der Waals surface area contributed by atoms with Crippen LogP contribution in [0.15, 0.2) is 30.5 Å². The average molecular weight is 644 g/mol. The molecule has 0 bridgehead atoms. The molecule has 10 heteroatoms. The van der Waals surface area contributed by atoms with Gasteiger partial charge in [0, 0.05) is 53.1 Å². The number of amides is 1. The molecule has 0 N–H and O–H groups in total. The van der Waals surface area contributed by atoms with Crippen LogP contribution in [-0.2, 0) is 26.9 Å². The van der Waals surface area contributed by atoms with E-state index in [0.29, 0.717) is 19.7 Å². The van der Waals surface area contributed by atoms with Gasteiger partial charge in [-0.25, -0.2) is 4.79 Å². The lowest BCUT2D eigenvalue weighted by Gasteiger charge is -2.39. The van der Waals surface area contributed by atoms with Crippen LogP contribution in [0.25, 0.3) is 21.3 Å². The first kappa shape index (κ1) is 32.2.